The first-order valence-corrected chi connectivity index (χ1v) is 8.56. The minimum atomic E-state index is -0.473. The zero-order valence-corrected chi connectivity index (χ0v) is 15.5. The van der Waals surface area contributed by atoms with Crippen LogP contribution in [-0.2, 0) is 11.3 Å². The quantitative estimate of drug-likeness (QED) is 0.615. The second-order valence-electron chi connectivity index (χ2n) is 5.46. The fourth-order valence-corrected chi connectivity index (χ4v) is 2.62. The van der Waals surface area contributed by atoms with E-state index in [1.807, 2.05) is 37.3 Å². The number of benzene rings is 2. The highest BCUT2D eigenvalue weighted by molar-refractivity contribution is 9.10. The predicted octanol–water partition coefficient (Wildman–Crippen LogP) is 3.63. The Labute approximate surface area is 158 Å². The summed E-state index contributed by atoms with van der Waals surface area (Å²) in [6.07, 6.45) is 0. The van der Waals surface area contributed by atoms with Gasteiger partial charge >= 0.3 is 5.97 Å². The molecule has 0 aliphatic rings. The van der Waals surface area contributed by atoms with Crippen LogP contribution in [0.15, 0.2) is 53.0 Å². The van der Waals surface area contributed by atoms with Crippen LogP contribution in [0.1, 0.15) is 21.7 Å². The van der Waals surface area contributed by atoms with Gasteiger partial charge in [0.25, 0.3) is 0 Å². The Morgan fingerprint density at radius 2 is 1.96 bits per heavy atom. The van der Waals surface area contributed by atoms with Crippen molar-refractivity contribution in [1.29, 1.82) is 0 Å². The van der Waals surface area contributed by atoms with E-state index in [2.05, 4.69) is 36.2 Å². The molecule has 8 heteroatoms. The van der Waals surface area contributed by atoms with Crippen molar-refractivity contribution >= 4 is 39.5 Å². The van der Waals surface area contributed by atoms with Crippen LogP contribution in [-0.4, -0.2) is 20.9 Å². The average molecular weight is 414 g/mol. The molecule has 0 spiro atoms. The summed E-state index contributed by atoms with van der Waals surface area (Å²) in [5, 5.41) is 3.09. The Kier molecular flexibility index (Phi) is 5.43. The maximum Gasteiger partial charge on any atom is 0.338 e. The normalized spacial score (nSPS) is 10.4. The molecule has 3 N–H and O–H groups in total. The molecule has 1 aromatic heterocycles. The Morgan fingerprint density at radius 3 is 2.73 bits per heavy atom. The highest BCUT2D eigenvalue weighted by Crippen LogP contribution is 2.18. The summed E-state index contributed by atoms with van der Waals surface area (Å²) < 4.78 is 6.05. The number of hydrogen-bond acceptors (Lipinski definition) is 7. The van der Waals surface area contributed by atoms with Gasteiger partial charge in [-0.2, -0.15) is 15.0 Å². The Bertz CT molecular complexity index is 948. The third-order valence-corrected chi connectivity index (χ3v) is 3.98. The maximum atomic E-state index is 12.1. The molecule has 7 nitrogen and oxygen atoms in total. The van der Waals surface area contributed by atoms with Gasteiger partial charge in [-0.15, -0.1) is 0 Å². The van der Waals surface area contributed by atoms with Gasteiger partial charge in [0.05, 0.1) is 5.56 Å². The van der Waals surface area contributed by atoms with E-state index in [0.29, 0.717) is 11.5 Å². The molecule has 26 heavy (non-hydrogen) atoms. The van der Waals surface area contributed by atoms with Crippen molar-refractivity contribution in [3.05, 3.63) is 70.0 Å². The standard InChI is InChI=1S/C18H16BrN5O2/c1-11-5-2-3-8-14(11)21-18-23-15(22-17(20)24-18)10-26-16(25)12-6-4-7-13(19)9-12/h2-9H,10H2,1H3,(H3,20,21,22,23,24). The third kappa shape index (κ3) is 4.54. The van der Waals surface area contributed by atoms with Gasteiger partial charge in [-0.1, -0.05) is 40.2 Å². The molecule has 0 unspecified atom stereocenters. The Hall–Kier alpha value is -3.00. The first-order chi connectivity index (χ1) is 12.5. The fraction of sp³-hybridized carbons (Fsp3) is 0.111. The molecule has 3 aromatic rings. The third-order valence-electron chi connectivity index (χ3n) is 3.48. The number of anilines is 3. The molecule has 2 aromatic carbocycles. The molecule has 0 aliphatic carbocycles. The van der Waals surface area contributed by atoms with E-state index >= 15 is 0 Å². The number of rotatable bonds is 5. The summed E-state index contributed by atoms with van der Waals surface area (Å²) in [4.78, 5) is 24.4. The van der Waals surface area contributed by atoms with Crippen molar-refractivity contribution in [1.82, 2.24) is 15.0 Å². The molecular weight excluding hydrogens is 398 g/mol. The molecule has 0 amide bonds. The molecule has 0 fully saturated rings. The second kappa shape index (κ2) is 7.92. The van der Waals surface area contributed by atoms with Gasteiger partial charge in [-0.05, 0) is 36.8 Å². The number of carbonyl (C=O) groups is 1. The van der Waals surface area contributed by atoms with Crippen LogP contribution >= 0.6 is 15.9 Å². The minimum Gasteiger partial charge on any atom is -0.454 e. The van der Waals surface area contributed by atoms with Crippen molar-refractivity contribution in [2.45, 2.75) is 13.5 Å². The number of aryl methyl sites for hydroxylation is 1. The largest absolute Gasteiger partial charge is 0.454 e. The van der Waals surface area contributed by atoms with Gasteiger partial charge in [-0.3, -0.25) is 0 Å². The number of para-hydroxylation sites is 1. The minimum absolute atomic E-state index is 0.0459. The fourth-order valence-electron chi connectivity index (χ4n) is 2.22. The number of nitrogens with one attached hydrogen (secondary N) is 1. The van der Waals surface area contributed by atoms with Crippen molar-refractivity contribution in [2.24, 2.45) is 0 Å². The van der Waals surface area contributed by atoms with Gasteiger partial charge in [-0.25, -0.2) is 4.79 Å². The highest BCUT2D eigenvalue weighted by Gasteiger charge is 2.11. The first kappa shape index (κ1) is 17.8. The highest BCUT2D eigenvalue weighted by atomic mass is 79.9. The lowest BCUT2D eigenvalue weighted by Gasteiger charge is -2.10. The van der Waals surface area contributed by atoms with Crippen molar-refractivity contribution in [2.75, 3.05) is 11.1 Å². The second-order valence-corrected chi connectivity index (χ2v) is 6.38. The number of esters is 1. The summed E-state index contributed by atoms with van der Waals surface area (Å²) in [6.45, 7) is 1.86. The van der Waals surface area contributed by atoms with Gasteiger partial charge in [0.1, 0.15) is 0 Å². The summed E-state index contributed by atoms with van der Waals surface area (Å²) in [7, 11) is 0. The van der Waals surface area contributed by atoms with Gasteiger partial charge in [0.2, 0.25) is 11.9 Å². The maximum absolute atomic E-state index is 12.1. The molecule has 0 saturated heterocycles. The monoisotopic (exact) mass is 413 g/mol. The summed E-state index contributed by atoms with van der Waals surface area (Å²) in [5.74, 6) is 0.125. The Morgan fingerprint density at radius 1 is 1.15 bits per heavy atom. The zero-order chi connectivity index (χ0) is 18.5. The van der Waals surface area contributed by atoms with Crippen LogP contribution < -0.4 is 11.1 Å². The molecule has 0 saturated carbocycles. The van der Waals surface area contributed by atoms with Crippen LogP contribution in [0.25, 0.3) is 0 Å². The number of ether oxygens (including phenoxy) is 1. The number of nitrogen functional groups attached to an aromatic ring is 1. The van der Waals surface area contributed by atoms with Crippen molar-refractivity contribution in [3.8, 4) is 0 Å². The molecule has 0 aliphatic heterocycles. The smallest absolute Gasteiger partial charge is 0.338 e. The van der Waals surface area contributed by atoms with E-state index in [-0.39, 0.29) is 18.4 Å². The Balaban J connectivity index is 1.71. The predicted molar refractivity (Wildman–Crippen MR) is 102 cm³/mol. The van der Waals surface area contributed by atoms with Crippen LogP contribution in [0.2, 0.25) is 0 Å². The molecule has 0 radical (unpaired) electrons. The molecule has 1 heterocycles. The summed E-state index contributed by atoms with van der Waals surface area (Å²) >= 11 is 3.32. The first-order valence-electron chi connectivity index (χ1n) is 7.77. The lowest BCUT2D eigenvalue weighted by Crippen LogP contribution is -2.11. The molecule has 0 atom stereocenters. The van der Waals surface area contributed by atoms with E-state index in [0.717, 1.165) is 15.7 Å². The van der Waals surface area contributed by atoms with E-state index in [1.54, 1.807) is 18.2 Å². The molecular formula is C18H16BrN5O2. The topological polar surface area (TPSA) is 103 Å². The van der Waals surface area contributed by atoms with Gasteiger partial charge < -0.3 is 15.8 Å². The SMILES string of the molecule is Cc1ccccc1Nc1nc(N)nc(COC(=O)c2cccc(Br)c2)n1. The molecule has 0 bridgehead atoms. The van der Waals surface area contributed by atoms with Gasteiger partial charge in [0.15, 0.2) is 12.4 Å². The van der Waals surface area contributed by atoms with Crippen LogP contribution in [0.5, 0.6) is 0 Å². The lowest BCUT2D eigenvalue weighted by molar-refractivity contribution is 0.0462. The number of halogens is 1. The summed E-state index contributed by atoms with van der Waals surface area (Å²) in [5.41, 5.74) is 8.06. The van der Waals surface area contributed by atoms with E-state index in [9.17, 15) is 4.79 Å². The number of aromatic nitrogens is 3. The van der Waals surface area contributed by atoms with Crippen molar-refractivity contribution < 1.29 is 9.53 Å². The molecule has 132 valence electrons. The number of carbonyl (C=O) groups excluding carboxylic acids is 1. The summed E-state index contributed by atoms with van der Waals surface area (Å²) in [6, 6.07) is 14.6. The van der Waals surface area contributed by atoms with E-state index < -0.39 is 5.97 Å². The van der Waals surface area contributed by atoms with Crippen LogP contribution in [0, 0.1) is 6.92 Å². The van der Waals surface area contributed by atoms with E-state index in [1.165, 1.54) is 0 Å². The van der Waals surface area contributed by atoms with Crippen molar-refractivity contribution in [3.63, 3.8) is 0 Å². The number of hydrogen-bond donors (Lipinski definition) is 2. The number of nitrogens with zero attached hydrogens (tertiary/aromatic N) is 3. The average Bonchev–Trinajstić information content (AvgIpc) is 2.61. The zero-order valence-electron chi connectivity index (χ0n) is 13.9. The van der Waals surface area contributed by atoms with Gasteiger partial charge in [0, 0.05) is 10.2 Å². The van der Waals surface area contributed by atoms with Crippen LogP contribution in [0.3, 0.4) is 0 Å². The van der Waals surface area contributed by atoms with Crippen LogP contribution in [0.4, 0.5) is 17.6 Å². The molecule has 3 rings (SSSR count). The lowest BCUT2D eigenvalue weighted by atomic mass is 10.2. The number of nitrogens with two attached hydrogens (primary N) is 1. The van der Waals surface area contributed by atoms with E-state index in [4.69, 9.17) is 10.5 Å².